The molecule has 1 N–H and O–H groups in total. The van der Waals surface area contributed by atoms with Crippen molar-refractivity contribution in [3.8, 4) is 0 Å². The second-order valence-electron chi connectivity index (χ2n) is 5.86. The van der Waals surface area contributed by atoms with E-state index in [-0.39, 0.29) is 18.3 Å². The molecule has 0 aliphatic rings. The van der Waals surface area contributed by atoms with Crippen LogP contribution in [0.2, 0.25) is 0 Å². The molecule has 2 aromatic carbocycles. The van der Waals surface area contributed by atoms with Crippen molar-refractivity contribution < 1.29 is 13.9 Å². The van der Waals surface area contributed by atoms with Crippen LogP contribution in [0, 0.1) is 12.7 Å². The quantitative estimate of drug-likeness (QED) is 0.888. The van der Waals surface area contributed by atoms with Crippen LogP contribution in [0.3, 0.4) is 0 Å². The Balaban J connectivity index is 2.02. The third kappa shape index (κ3) is 4.39. The summed E-state index contributed by atoms with van der Waals surface area (Å²) in [5.74, 6) is -0.458. The highest BCUT2D eigenvalue weighted by molar-refractivity contribution is 5.78. The van der Waals surface area contributed by atoms with Crippen LogP contribution in [0.5, 0.6) is 0 Å². The minimum Gasteiger partial charge on any atom is -0.372 e. The fourth-order valence-electron chi connectivity index (χ4n) is 2.50. The van der Waals surface area contributed by atoms with Gasteiger partial charge in [-0.1, -0.05) is 48.0 Å². The van der Waals surface area contributed by atoms with E-state index in [1.807, 2.05) is 31.2 Å². The van der Waals surface area contributed by atoms with Crippen molar-refractivity contribution in [1.29, 1.82) is 0 Å². The summed E-state index contributed by atoms with van der Waals surface area (Å²) >= 11 is 0. The molecule has 1 atom stereocenters. The molecule has 2 rings (SSSR count). The minimum absolute atomic E-state index is 0.116. The third-order valence-corrected chi connectivity index (χ3v) is 3.96. The number of nitrogens with one attached hydrogen (secondary N) is 1. The van der Waals surface area contributed by atoms with Crippen LogP contribution in [0.15, 0.2) is 48.5 Å². The maximum absolute atomic E-state index is 14.0. The molecule has 0 saturated heterocycles. The summed E-state index contributed by atoms with van der Waals surface area (Å²) in [6.07, 6.45) is 0.290. The van der Waals surface area contributed by atoms with Gasteiger partial charge in [-0.2, -0.15) is 0 Å². The zero-order valence-corrected chi connectivity index (χ0v) is 13.7. The summed E-state index contributed by atoms with van der Waals surface area (Å²) in [5.41, 5.74) is 1.59. The average molecular weight is 315 g/mol. The Labute approximate surface area is 136 Å². The number of hydrogen-bond donors (Lipinski definition) is 1. The lowest BCUT2D eigenvalue weighted by molar-refractivity contribution is -0.122. The predicted molar refractivity (Wildman–Crippen MR) is 88.7 cm³/mol. The molecular formula is C19H22FNO2. The lowest BCUT2D eigenvalue weighted by Gasteiger charge is -2.29. The first-order chi connectivity index (χ1) is 10.9. The molecule has 0 radical (unpaired) electrons. The van der Waals surface area contributed by atoms with Crippen LogP contribution in [0.25, 0.3) is 0 Å². The van der Waals surface area contributed by atoms with Gasteiger partial charge in [0.15, 0.2) is 0 Å². The van der Waals surface area contributed by atoms with Crippen molar-refractivity contribution in [3.63, 3.8) is 0 Å². The number of aryl methyl sites for hydroxylation is 1. The van der Waals surface area contributed by atoms with Gasteiger partial charge in [0.2, 0.25) is 5.91 Å². The van der Waals surface area contributed by atoms with Crippen molar-refractivity contribution in [2.45, 2.75) is 25.9 Å². The van der Waals surface area contributed by atoms with Gasteiger partial charge in [-0.05, 0) is 25.5 Å². The first kappa shape index (κ1) is 17.2. The van der Waals surface area contributed by atoms with Crippen molar-refractivity contribution in [2.24, 2.45) is 0 Å². The highest BCUT2D eigenvalue weighted by atomic mass is 19.1. The number of halogens is 1. The van der Waals surface area contributed by atoms with Crippen molar-refractivity contribution in [1.82, 2.24) is 5.32 Å². The first-order valence-corrected chi connectivity index (χ1v) is 7.57. The molecule has 0 spiro atoms. The van der Waals surface area contributed by atoms with E-state index in [4.69, 9.17) is 4.74 Å². The fraction of sp³-hybridized carbons (Fsp3) is 0.316. The number of rotatable bonds is 6. The maximum Gasteiger partial charge on any atom is 0.224 e. The van der Waals surface area contributed by atoms with Gasteiger partial charge in [-0.3, -0.25) is 4.79 Å². The lowest BCUT2D eigenvalue weighted by atomic mass is 9.95. The van der Waals surface area contributed by atoms with E-state index in [0.29, 0.717) is 12.0 Å². The number of benzene rings is 2. The molecule has 1 amide bonds. The number of ether oxygens (including phenoxy) is 1. The van der Waals surface area contributed by atoms with E-state index >= 15 is 0 Å². The van der Waals surface area contributed by atoms with Gasteiger partial charge in [0.25, 0.3) is 0 Å². The fourth-order valence-corrected chi connectivity index (χ4v) is 2.50. The number of carbonyl (C=O) groups is 1. The van der Waals surface area contributed by atoms with Gasteiger partial charge < -0.3 is 10.1 Å². The largest absolute Gasteiger partial charge is 0.372 e. The molecule has 0 bridgehead atoms. The van der Waals surface area contributed by atoms with Crippen LogP contribution >= 0.6 is 0 Å². The van der Waals surface area contributed by atoms with Gasteiger partial charge in [0.05, 0.1) is 13.0 Å². The first-order valence-electron chi connectivity index (χ1n) is 7.57. The molecule has 0 fully saturated rings. The minimum atomic E-state index is -0.909. The van der Waals surface area contributed by atoms with Crippen molar-refractivity contribution in [3.05, 3.63) is 71.0 Å². The van der Waals surface area contributed by atoms with Crippen LogP contribution in [-0.4, -0.2) is 19.6 Å². The Hall–Kier alpha value is -2.20. The normalized spacial score (nSPS) is 13.4. The predicted octanol–water partition coefficient (Wildman–Crippen LogP) is 3.35. The van der Waals surface area contributed by atoms with Gasteiger partial charge in [0, 0.05) is 12.7 Å². The van der Waals surface area contributed by atoms with E-state index in [0.717, 1.165) is 11.1 Å². The van der Waals surface area contributed by atoms with Gasteiger partial charge in [0.1, 0.15) is 11.4 Å². The molecule has 3 nitrogen and oxygen atoms in total. The molecule has 0 aliphatic heterocycles. The van der Waals surface area contributed by atoms with E-state index in [1.54, 1.807) is 25.1 Å². The second kappa shape index (κ2) is 7.38. The standard InChI is InChI=1S/C19H22FNO2/c1-14-7-6-8-15(11-14)12-18(22)21-13-19(2,23-3)16-9-4-5-10-17(16)20/h4-11H,12-13H2,1-3H3,(H,21,22). The van der Waals surface area contributed by atoms with Crippen molar-refractivity contribution >= 4 is 5.91 Å². The average Bonchev–Trinajstić information content (AvgIpc) is 2.53. The molecule has 23 heavy (non-hydrogen) atoms. The molecule has 0 aliphatic carbocycles. The zero-order chi connectivity index (χ0) is 16.9. The van der Waals surface area contributed by atoms with E-state index < -0.39 is 5.60 Å². The Bertz CT molecular complexity index is 687. The number of carbonyl (C=O) groups excluding carboxylic acids is 1. The number of methoxy groups -OCH3 is 1. The third-order valence-electron chi connectivity index (χ3n) is 3.96. The van der Waals surface area contributed by atoms with Gasteiger partial charge in [-0.15, -0.1) is 0 Å². The summed E-state index contributed by atoms with van der Waals surface area (Å²) in [6.45, 7) is 3.95. The smallest absolute Gasteiger partial charge is 0.224 e. The van der Waals surface area contributed by atoms with Crippen LogP contribution in [0.1, 0.15) is 23.6 Å². The van der Waals surface area contributed by atoms with E-state index in [9.17, 15) is 9.18 Å². The van der Waals surface area contributed by atoms with Gasteiger partial charge in [-0.25, -0.2) is 4.39 Å². The van der Waals surface area contributed by atoms with Crippen LogP contribution in [-0.2, 0) is 21.6 Å². The Kier molecular flexibility index (Phi) is 5.50. The zero-order valence-electron chi connectivity index (χ0n) is 13.7. The Morgan fingerprint density at radius 3 is 2.61 bits per heavy atom. The monoisotopic (exact) mass is 315 g/mol. The van der Waals surface area contributed by atoms with Crippen LogP contribution < -0.4 is 5.32 Å². The molecule has 1 unspecified atom stereocenters. The summed E-state index contributed by atoms with van der Waals surface area (Å²) in [4.78, 5) is 12.1. The lowest BCUT2D eigenvalue weighted by Crippen LogP contribution is -2.41. The van der Waals surface area contributed by atoms with E-state index in [2.05, 4.69) is 5.32 Å². The topological polar surface area (TPSA) is 38.3 Å². The summed E-state index contributed by atoms with van der Waals surface area (Å²) in [7, 11) is 1.51. The molecule has 0 saturated carbocycles. The molecule has 0 heterocycles. The number of amides is 1. The summed E-state index contributed by atoms with van der Waals surface area (Å²) in [6, 6.07) is 14.3. The number of hydrogen-bond acceptors (Lipinski definition) is 2. The summed E-state index contributed by atoms with van der Waals surface area (Å²) < 4.78 is 19.5. The Morgan fingerprint density at radius 1 is 1.22 bits per heavy atom. The molecule has 4 heteroatoms. The van der Waals surface area contributed by atoms with Crippen LogP contribution in [0.4, 0.5) is 4.39 Å². The highest BCUT2D eigenvalue weighted by Crippen LogP contribution is 2.26. The molecule has 122 valence electrons. The summed E-state index contributed by atoms with van der Waals surface area (Å²) in [5, 5.41) is 2.84. The second-order valence-corrected chi connectivity index (χ2v) is 5.86. The van der Waals surface area contributed by atoms with E-state index in [1.165, 1.54) is 13.2 Å². The Morgan fingerprint density at radius 2 is 1.96 bits per heavy atom. The maximum atomic E-state index is 14.0. The molecular weight excluding hydrogens is 293 g/mol. The van der Waals surface area contributed by atoms with Crippen molar-refractivity contribution in [2.75, 3.05) is 13.7 Å². The van der Waals surface area contributed by atoms with Gasteiger partial charge >= 0.3 is 0 Å². The highest BCUT2D eigenvalue weighted by Gasteiger charge is 2.29. The molecule has 2 aromatic rings. The molecule has 0 aromatic heterocycles. The SMILES string of the molecule is COC(C)(CNC(=O)Cc1cccc(C)c1)c1ccccc1F.